The van der Waals surface area contributed by atoms with Crippen LogP contribution in [0.2, 0.25) is 0 Å². The molecule has 0 saturated carbocycles. The van der Waals surface area contributed by atoms with Crippen molar-refractivity contribution in [3.05, 3.63) is 89.0 Å². The maximum Gasteiger partial charge on any atom is 0.277 e. The van der Waals surface area contributed by atoms with E-state index >= 15 is 0 Å². The summed E-state index contributed by atoms with van der Waals surface area (Å²) < 4.78 is 11.3. The van der Waals surface area contributed by atoms with Crippen LogP contribution in [-0.4, -0.2) is 23.2 Å². The summed E-state index contributed by atoms with van der Waals surface area (Å²) in [6.45, 7) is 6.02. The highest BCUT2D eigenvalue weighted by molar-refractivity contribution is 8.00. The van der Waals surface area contributed by atoms with Gasteiger partial charge in [-0.05, 0) is 67.9 Å². The number of nitrogens with one attached hydrogen (secondary N) is 1. The number of hydrogen-bond donors (Lipinski definition) is 1. The van der Waals surface area contributed by atoms with E-state index in [4.69, 9.17) is 9.15 Å². The number of aromatic nitrogens is 2. The van der Waals surface area contributed by atoms with Gasteiger partial charge in [-0.1, -0.05) is 53.6 Å². The minimum atomic E-state index is -0.594. The van der Waals surface area contributed by atoms with Crippen LogP contribution in [0.1, 0.15) is 27.5 Å². The van der Waals surface area contributed by atoms with Crippen LogP contribution in [-0.2, 0) is 4.79 Å². The van der Waals surface area contributed by atoms with Gasteiger partial charge < -0.3 is 14.5 Å². The number of methoxy groups -OCH3 is 1. The van der Waals surface area contributed by atoms with Crippen LogP contribution in [0.5, 0.6) is 5.75 Å². The van der Waals surface area contributed by atoms with Crippen LogP contribution in [0.4, 0.5) is 5.69 Å². The number of nitrogens with zero attached hydrogens (tertiary/aromatic N) is 2. The molecule has 0 aliphatic rings. The highest BCUT2D eigenvalue weighted by atomic mass is 32.2. The van der Waals surface area contributed by atoms with Gasteiger partial charge in [-0.3, -0.25) is 4.79 Å². The van der Waals surface area contributed by atoms with E-state index in [1.54, 1.807) is 7.11 Å². The summed E-state index contributed by atoms with van der Waals surface area (Å²) >= 11 is 1.22. The number of carbonyl (C=O) groups is 1. The van der Waals surface area contributed by atoms with Gasteiger partial charge in [0.15, 0.2) is 0 Å². The Morgan fingerprint density at radius 3 is 2.36 bits per heavy atom. The molecule has 4 rings (SSSR count). The topological polar surface area (TPSA) is 77.2 Å². The van der Waals surface area contributed by atoms with Crippen LogP contribution in [0, 0.1) is 20.8 Å². The fraction of sp³-hybridized carbons (Fsp3) is 0.192. The van der Waals surface area contributed by atoms with Crippen molar-refractivity contribution in [3.8, 4) is 17.2 Å². The lowest BCUT2D eigenvalue weighted by Crippen LogP contribution is -2.19. The molecule has 0 radical (unpaired) electrons. The Morgan fingerprint density at radius 2 is 1.67 bits per heavy atom. The number of thioether (sulfide) groups is 1. The number of ether oxygens (including phenoxy) is 1. The zero-order valence-corrected chi connectivity index (χ0v) is 19.8. The minimum Gasteiger partial charge on any atom is -0.495 e. The summed E-state index contributed by atoms with van der Waals surface area (Å²) in [6, 6.07) is 21.3. The summed E-state index contributed by atoms with van der Waals surface area (Å²) in [5.41, 5.74) is 5.56. The zero-order valence-electron chi connectivity index (χ0n) is 19.0. The van der Waals surface area contributed by atoms with Crippen molar-refractivity contribution in [1.82, 2.24) is 10.2 Å². The lowest BCUT2D eigenvalue weighted by atomic mass is 10.1. The molecule has 168 valence electrons. The van der Waals surface area contributed by atoms with E-state index in [0.29, 0.717) is 22.6 Å². The first-order valence-electron chi connectivity index (χ1n) is 10.5. The first-order valence-corrected chi connectivity index (χ1v) is 11.4. The number of carbonyl (C=O) groups excluding carboxylic acids is 1. The molecule has 1 N–H and O–H groups in total. The van der Waals surface area contributed by atoms with E-state index in [0.717, 1.165) is 27.8 Å². The van der Waals surface area contributed by atoms with Crippen molar-refractivity contribution in [2.24, 2.45) is 0 Å². The Morgan fingerprint density at radius 1 is 0.939 bits per heavy atom. The van der Waals surface area contributed by atoms with E-state index in [2.05, 4.69) is 21.6 Å². The number of hydrogen-bond acceptors (Lipinski definition) is 6. The molecule has 4 aromatic rings. The van der Waals surface area contributed by atoms with Gasteiger partial charge in [-0.2, -0.15) is 0 Å². The third kappa shape index (κ3) is 5.43. The molecule has 6 nitrogen and oxygen atoms in total. The SMILES string of the molecule is COc1ccc(C)cc1NC(=O)C(Sc1nnc(-c2cc(C)cc(C)c2)o1)c1ccccc1. The van der Waals surface area contributed by atoms with Crippen molar-refractivity contribution in [1.29, 1.82) is 0 Å². The van der Waals surface area contributed by atoms with E-state index in [-0.39, 0.29) is 5.91 Å². The predicted molar refractivity (Wildman–Crippen MR) is 131 cm³/mol. The second-order valence-corrected chi connectivity index (χ2v) is 8.91. The summed E-state index contributed by atoms with van der Waals surface area (Å²) in [7, 11) is 1.58. The average molecular weight is 460 g/mol. The Balaban J connectivity index is 1.62. The molecule has 1 unspecified atom stereocenters. The zero-order chi connectivity index (χ0) is 23.4. The van der Waals surface area contributed by atoms with Gasteiger partial charge in [0, 0.05) is 5.56 Å². The molecule has 0 bridgehead atoms. The summed E-state index contributed by atoms with van der Waals surface area (Å²) in [5.74, 6) is 0.818. The van der Waals surface area contributed by atoms with Crippen molar-refractivity contribution in [3.63, 3.8) is 0 Å². The minimum absolute atomic E-state index is 0.207. The molecule has 7 heteroatoms. The smallest absolute Gasteiger partial charge is 0.277 e. The average Bonchev–Trinajstić information content (AvgIpc) is 3.26. The van der Waals surface area contributed by atoms with Crippen LogP contribution in [0.3, 0.4) is 0 Å². The first-order chi connectivity index (χ1) is 15.9. The third-order valence-electron chi connectivity index (χ3n) is 5.05. The molecular formula is C26H25N3O3S. The largest absolute Gasteiger partial charge is 0.495 e. The standard InChI is InChI=1S/C26H25N3O3S/c1-16-10-11-22(31-4)21(15-16)27-24(30)23(19-8-6-5-7-9-19)33-26-29-28-25(32-26)20-13-17(2)12-18(3)14-20/h5-15,23H,1-4H3,(H,27,30). The van der Waals surface area contributed by atoms with Gasteiger partial charge in [-0.15, -0.1) is 10.2 Å². The van der Waals surface area contributed by atoms with Crippen LogP contribution in [0.15, 0.2) is 76.4 Å². The highest BCUT2D eigenvalue weighted by Crippen LogP contribution is 2.37. The molecule has 0 saturated heterocycles. The number of rotatable bonds is 7. The van der Waals surface area contributed by atoms with E-state index in [1.807, 2.05) is 81.4 Å². The molecule has 0 fully saturated rings. The fourth-order valence-corrected chi connectivity index (χ4v) is 4.47. The van der Waals surface area contributed by atoms with Gasteiger partial charge in [-0.25, -0.2) is 0 Å². The van der Waals surface area contributed by atoms with Crippen LogP contribution >= 0.6 is 11.8 Å². The van der Waals surface area contributed by atoms with Crippen molar-refractivity contribution < 1.29 is 13.9 Å². The molecule has 0 spiro atoms. The lowest BCUT2D eigenvalue weighted by molar-refractivity contribution is -0.115. The molecule has 1 heterocycles. The Labute approximate surface area is 197 Å². The summed E-state index contributed by atoms with van der Waals surface area (Å²) in [6.07, 6.45) is 0. The Bertz CT molecular complexity index is 1250. The molecule has 1 atom stereocenters. The van der Waals surface area contributed by atoms with E-state index in [9.17, 15) is 4.79 Å². The van der Waals surface area contributed by atoms with Gasteiger partial charge in [0.05, 0.1) is 12.8 Å². The predicted octanol–water partition coefficient (Wildman–Crippen LogP) is 6.14. The number of benzene rings is 3. The number of anilines is 1. The molecular weight excluding hydrogens is 434 g/mol. The first kappa shape index (κ1) is 22.6. The fourth-order valence-electron chi connectivity index (χ4n) is 3.59. The monoisotopic (exact) mass is 459 g/mol. The molecule has 3 aromatic carbocycles. The summed E-state index contributed by atoms with van der Waals surface area (Å²) in [5, 5.41) is 11.1. The van der Waals surface area contributed by atoms with Gasteiger partial charge in [0.25, 0.3) is 5.22 Å². The second kappa shape index (κ2) is 9.92. The van der Waals surface area contributed by atoms with Crippen molar-refractivity contribution >= 4 is 23.4 Å². The normalized spacial score (nSPS) is 11.8. The van der Waals surface area contributed by atoms with Crippen molar-refractivity contribution in [2.45, 2.75) is 31.2 Å². The lowest BCUT2D eigenvalue weighted by Gasteiger charge is -2.17. The molecule has 1 aromatic heterocycles. The summed E-state index contributed by atoms with van der Waals surface area (Å²) in [4.78, 5) is 13.4. The maximum atomic E-state index is 13.4. The Kier molecular flexibility index (Phi) is 6.79. The number of amides is 1. The maximum absolute atomic E-state index is 13.4. The van der Waals surface area contributed by atoms with Crippen molar-refractivity contribution in [2.75, 3.05) is 12.4 Å². The molecule has 1 amide bonds. The molecule has 0 aliphatic carbocycles. The quantitative estimate of drug-likeness (QED) is 0.334. The van der Waals surface area contributed by atoms with Gasteiger partial charge >= 0.3 is 0 Å². The van der Waals surface area contributed by atoms with E-state index < -0.39 is 5.25 Å². The van der Waals surface area contributed by atoms with Crippen LogP contribution in [0.25, 0.3) is 11.5 Å². The molecule has 33 heavy (non-hydrogen) atoms. The van der Waals surface area contributed by atoms with Crippen LogP contribution < -0.4 is 10.1 Å². The van der Waals surface area contributed by atoms with Gasteiger partial charge in [0.2, 0.25) is 11.8 Å². The van der Waals surface area contributed by atoms with E-state index in [1.165, 1.54) is 11.8 Å². The highest BCUT2D eigenvalue weighted by Gasteiger charge is 2.26. The Hall–Kier alpha value is -3.58. The molecule has 0 aliphatic heterocycles. The third-order valence-corrected chi connectivity index (χ3v) is 6.14. The van der Waals surface area contributed by atoms with Gasteiger partial charge in [0.1, 0.15) is 11.0 Å². The number of aryl methyl sites for hydroxylation is 3. The second-order valence-electron chi connectivity index (χ2n) is 7.85.